The molecule has 9 heteroatoms. The van der Waals surface area contributed by atoms with Gasteiger partial charge in [-0.2, -0.15) is 4.31 Å². The number of hydrogen-bond donors (Lipinski definition) is 0. The number of piperazine rings is 1. The number of amides is 1. The minimum atomic E-state index is -3.53. The van der Waals surface area contributed by atoms with E-state index >= 15 is 0 Å². The molecule has 1 amide bonds. The van der Waals surface area contributed by atoms with E-state index in [1.807, 2.05) is 29.2 Å². The second-order valence-electron chi connectivity index (χ2n) is 8.12. The summed E-state index contributed by atoms with van der Waals surface area (Å²) in [4.78, 5) is 17.6. The Bertz CT molecular complexity index is 1050. The molecule has 2 aromatic rings. The Labute approximate surface area is 198 Å². The van der Waals surface area contributed by atoms with Gasteiger partial charge in [0.2, 0.25) is 15.9 Å². The van der Waals surface area contributed by atoms with Crippen LogP contribution >= 0.6 is 15.9 Å². The lowest BCUT2D eigenvalue weighted by Crippen LogP contribution is -2.52. The van der Waals surface area contributed by atoms with Crippen LogP contribution in [0, 0.1) is 5.92 Å². The van der Waals surface area contributed by atoms with E-state index in [2.05, 4.69) is 20.8 Å². The quantitative estimate of drug-likeness (QED) is 0.604. The fraction of sp³-hybridized carbons (Fsp3) is 0.435. The SMILES string of the molecule is COc1ccccc1N1CCN(C(=O)C2CCN(S(=O)(=O)c3ccc(Br)cc3)CC2)CC1. The Kier molecular flexibility index (Phi) is 7.07. The fourth-order valence-corrected chi connectivity index (χ4v) is 6.15. The zero-order chi connectivity index (χ0) is 22.7. The third kappa shape index (κ3) is 4.79. The first-order valence-corrected chi connectivity index (χ1v) is 13.1. The summed E-state index contributed by atoms with van der Waals surface area (Å²) < 4.78 is 33.6. The van der Waals surface area contributed by atoms with Crippen molar-refractivity contribution in [2.24, 2.45) is 5.92 Å². The average molecular weight is 522 g/mol. The van der Waals surface area contributed by atoms with Gasteiger partial charge in [-0.25, -0.2) is 8.42 Å². The molecule has 0 radical (unpaired) electrons. The lowest BCUT2D eigenvalue weighted by molar-refractivity contribution is -0.137. The van der Waals surface area contributed by atoms with Gasteiger partial charge in [0.15, 0.2) is 0 Å². The number of benzene rings is 2. The van der Waals surface area contributed by atoms with Gasteiger partial charge >= 0.3 is 0 Å². The lowest BCUT2D eigenvalue weighted by Gasteiger charge is -2.39. The third-order valence-electron chi connectivity index (χ3n) is 6.27. The predicted molar refractivity (Wildman–Crippen MR) is 127 cm³/mol. The van der Waals surface area contributed by atoms with Gasteiger partial charge < -0.3 is 14.5 Å². The normalized spacial score (nSPS) is 18.6. The maximum Gasteiger partial charge on any atom is 0.243 e. The number of anilines is 1. The molecule has 2 aromatic carbocycles. The standard InChI is InChI=1S/C23H28BrN3O4S/c1-31-22-5-3-2-4-21(22)25-14-16-26(17-15-25)23(28)18-10-12-27(13-11-18)32(29,30)20-8-6-19(24)7-9-20/h2-9,18H,10-17H2,1H3. The summed E-state index contributed by atoms with van der Waals surface area (Å²) in [5, 5.41) is 0. The Morgan fingerprint density at radius 1 is 0.938 bits per heavy atom. The van der Waals surface area contributed by atoms with Crippen molar-refractivity contribution in [3.63, 3.8) is 0 Å². The summed E-state index contributed by atoms with van der Waals surface area (Å²) >= 11 is 3.33. The molecule has 2 saturated heterocycles. The number of halogens is 1. The summed E-state index contributed by atoms with van der Waals surface area (Å²) in [5.74, 6) is 0.862. The van der Waals surface area contributed by atoms with E-state index < -0.39 is 10.0 Å². The van der Waals surface area contributed by atoms with Crippen LogP contribution in [-0.4, -0.2) is 69.9 Å². The summed E-state index contributed by atoms with van der Waals surface area (Å²) in [6.07, 6.45) is 1.11. The van der Waals surface area contributed by atoms with Crippen molar-refractivity contribution in [3.05, 3.63) is 53.0 Å². The van der Waals surface area contributed by atoms with Crippen LogP contribution < -0.4 is 9.64 Å². The number of ether oxygens (including phenoxy) is 1. The van der Waals surface area contributed by atoms with E-state index in [0.29, 0.717) is 39.0 Å². The first-order valence-electron chi connectivity index (χ1n) is 10.8. The molecular weight excluding hydrogens is 494 g/mol. The summed E-state index contributed by atoms with van der Waals surface area (Å²) in [6.45, 7) is 3.57. The Hall–Kier alpha value is -2.10. The minimum absolute atomic E-state index is 0.121. The highest BCUT2D eigenvalue weighted by molar-refractivity contribution is 9.10. The summed E-state index contributed by atoms with van der Waals surface area (Å²) in [5.41, 5.74) is 1.05. The molecule has 0 atom stereocenters. The van der Waals surface area contributed by atoms with Crippen molar-refractivity contribution in [3.8, 4) is 5.75 Å². The highest BCUT2D eigenvalue weighted by Gasteiger charge is 2.34. The molecule has 0 unspecified atom stereocenters. The molecule has 172 valence electrons. The maximum atomic E-state index is 13.1. The van der Waals surface area contributed by atoms with Crippen LogP contribution in [0.25, 0.3) is 0 Å². The lowest BCUT2D eigenvalue weighted by atomic mass is 9.96. The van der Waals surface area contributed by atoms with Crippen LogP contribution in [0.3, 0.4) is 0 Å². The molecule has 0 bridgehead atoms. The van der Waals surface area contributed by atoms with Crippen LogP contribution in [-0.2, 0) is 14.8 Å². The van der Waals surface area contributed by atoms with Crippen LogP contribution in [0.2, 0.25) is 0 Å². The molecule has 0 N–H and O–H groups in total. The fourth-order valence-electron chi connectivity index (χ4n) is 4.42. The van der Waals surface area contributed by atoms with E-state index in [1.54, 1.807) is 31.4 Å². The molecule has 0 aromatic heterocycles. The Morgan fingerprint density at radius 2 is 1.56 bits per heavy atom. The number of nitrogens with zero attached hydrogens (tertiary/aromatic N) is 3. The second kappa shape index (κ2) is 9.80. The van der Waals surface area contributed by atoms with Gasteiger partial charge in [-0.15, -0.1) is 0 Å². The van der Waals surface area contributed by atoms with Gasteiger partial charge in [0.25, 0.3) is 0 Å². The number of rotatable bonds is 5. The molecule has 0 spiro atoms. The molecule has 2 aliphatic rings. The largest absolute Gasteiger partial charge is 0.495 e. The van der Waals surface area contributed by atoms with Crippen molar-refractivity contribution in [2.75, 3.05) is 51.3 Å². The van der Waals surface area contributed by atoms with Crippen LogP contribution in [0.15, 0.2) is 57.9 Å². The zero-order valence-electron chi connectivity index (χ0n) is 18.1. The van der Waals surface area contributed by atoms with Gasteiger partial charge in [0.1, 0.15) is 5.75 Å². The number of sulfonamides is 1. The molecule has 0 saturated carbocycles. The number of piperidine rings is 1. The molecule has 2 fully saturated rings. The molecule has 0 aliphatic carbocycles. The zero-order valence-corrected chi connectivity index (χ0v) is 20.5. The number of carbonyl (C=O) groups is 1. The smallest absolute Gasteiger partial charge is 0.243 e. The predicted octanol–water partition coefficient (Wildman–Crippen LogP) is 3.21. The molecular formula is C23H28BrN3O4S. The van der Waals surface area contributed by atoms with Crippen molar-refractivity contribution in [1.82, 2.24) is 9.21 Å². The van der Waals surface area contributed by atoms with Gasteiger partial charge in [-0.1, -0.05) is 28.1 Å². The van der Waals surface area contributed by atoms with Crippen molar-refractivity contribution in [1.29, 1.82) is 0 Å². The van der Waals surface area contributed by atoms with Crippen molar-refractivity contribution in [2.45, 2.75) is 17.7 Å². The first kappa shape index (κ1) is 23.1. The van der Waals surface area contributed by atoms with E-state index in [0.717, 1.165) is 29.0 Å². The van der Waals surface area contributed by atoms with Gasteiger partial charge in [-0.05, 0) is 49.2 Å². The van der Waals surface area contributed by atoms with Crippen LogP contribution in [0.1, 0.15) is 12.8 Å². The maximum absolute atomic E-state index is 13.1. The van der Waals surface area contributed by atoms with Crippen LogP contribution in [0.4, 0.5) is 5.69 Å². The van der Waals surface area contributed by atoms with Crippen molar-refractivity contribution < 1.29 is 17.9 Å². The van der Waals surface area contributed by atoms with Gasteiger partial charge in [0, 0.05) is 49.7 Å². The topological polar surface area (TPSA) is 70.2 Å². The van der Waals surface area contributed by atoms with Crippen LogP contribution in [0.5, 0.6) is 5.75 Å². The molecule has 4 rings (SSSR count). The Balaban J connectivity index is 1.32. The second-order valence-corrected chi connectivity index (χ2v) is 11.0. The monoisotopic (exact) mass is 521 g/mol. The number of hydrogen-bond acceptors (Lipinski definition) is 5. The molecule has 2 aliphatic heterocycles. The number of methoxy groups -OCH3 is 1. The highest BCUT2D eigenvalue weighted by atomic mass is 79.9. The van der Waals surface area contributed by atoms with Crippen molar-refractivity contribution >= 4 is 37.5 Å². The first-order chi connectivity index (χ1) is 15.4. The Morgan fingerprint density at radius 3 is 2.19 bits per heavy atom. The summed E-state index contributed by atoms with van der Waals surface area (Å²) in [6, 6.07) is 14.6. The van der Waals surface area contributed by atoms with E-state index in [-0.39, 0.29) is 16.7 Å². The van der Waals surface area contributed by atoms with E-state index in [9.17, 15) is 13.2 Å². The molecule has 32 heavy (non-hydrogen) atoms. The van der Waals surface area contributed by atoms with Gasteiger partial charge in [-0.3, -0.25) is 4.79 Å². The molecule has 7 nitrogen and oxygen atoms in total. The van der Waals surface area contributed by atoms with Gasteiger partial charge in [0.05, 0.1) is 17.7 Å². The number of para-hydroxylation sites is 2. The molecule has 2 heterocycles. The van der Waals surface area contributed by atoms with E-state index in [4.69, 9.17) is 4.74 Å². The minimum Gasteiger partial charge on any atom is -0.495 e. The van der Waals surface area contributed by atoms with E-state index in [1.165, 1.54) is 4.31 Å². The number of carbonyl (C=O) groups excluding carboxylic acids is 1. The summed E-state index contributed by atoms with van der Waals surface area (Å²) in [7, 11) is -1.86. The average Bonchev–Trinajstić information content (AvgIpc) is 2.84. The highest BCUT2D eigenvalue weighted by Crippen LogP contribution is 2.30. The third-order valence-corrected chi connectivity index (χ3v) is 8.71.